The number of carbonyl (C=O) groups excluding carboxylic acids is 1. The molecule has 6 nitrogen and oxygen atoms in total. The first kappa shape index (κ1) is 19.2. The monoisotopic (exact) mass is 435 g/mol. The lowest BCUT2D eigenvalue weighted by Crippen LogP contribution is -2.45. The molecule has 1 saturated heterocycles. The van der Waals surface area contributed by atoms with Crippen LogP contribution in [0.1, 0.15) is 23.2 Å². The number of fused-ring (bicyclic) bond motifs is 1. The molecule has 1 N–H and O–H groups in total. The van der Waals surface area contributed by atoms with Crippen LogP contribution in [-0.2, 0) is 0 Å². The van der Waals surface area contributed by atoms with Crippen LogP contribution in [-0.4, -0.2) is 40.0 Å². The molecule has 1 aliphatic heterocycles. The van der Waals surface area contributed by atoms with Crippen molar-refractivity contribution in [2.45, 2.75) is 18.9 Å². The zero-order valence-electron chi connectivity index (χ0n) is 14.7. The number of carbonyl (C=O) groups is 1. The van der Waals surface area contributed by atoms with Crippen molar-refractivity contribution in [2.24, 2.45) is 0 Å². The number of rotatable bonds is 3. The molecular weight excluding hydrogens is 421 g/mol. The van der Waals surface area contributed by atoms with E-state index in [0.29, 0.717) is 10.0 Å². The maximum atomic E-state index is 12.5. The second-order valence-electron chi connectivity index (χ2n) is 6.59. The van der Waals surface area contributed by atoms with Crippen LogP contribution >= 0.6 is 34.8 Å². The first-order chi connectivity index (χ1) is 13.5. The number of pyridine rings is 1. The van der Waals surface area contributed by atoms with Gasteiger partial charge in [-0.3, -0.25) is 4.79 Å². The van der Waals surface area contributed by atoms with Crippen LogP contribution in [0.3, 0.4) is 0 Å². The van der Waals surface area contributed by atoms with Crippen LogP contribution in [0.2, 0.25) is 15.2 Å². The van der Waals surface area contributed by atoms with Crippen molar-refractivity contribution < 1.29 is 4.79 Å². The highest BCUT2D eigenvalue weighted by Crippen LogP contribution is 2.27. The van der Waals surface area contributed by atoms with E-state index < -0.39 is 0 Å². The standard InChI is InChI=1S/C19H16Cl3N5O/c20-11-1-2-14-16(8-11)24-10-25-18(14)27-5-3-13(4-6-27)26-19(28)15-7-12(21)9-23-17(15)22/h1-2,7-10,13H,3-6H2,(H,26,28). The summed E-state index contributed by atoms with van der Waals surface area (Å²) in [6.45, 7) is 1.53. The summed E-state index contributed by atoms with van der Waals surface area (Å²) in [4.78, 5) is 27.4. The van der Waals surface area contributed by atoms with Gasteiger partial charge in [-0.05, 0) is 37.1 Å². The first-order valence-electron chi connectivity index (χ1n) is 8.78. The van der Waals surface area contributed by atoms with Gasteiger partial charge in [0.05, 0.1) is 16.1 Å². The maximum absolute atomic E-state index is 12.5. The van der Waals surface area contributed by atoms with Gasteiger partial charge in [0, 0.05) is 35.7 Å². The van der Waals surface area contributed by atoms with Crippen molar-refractivity contribution in [3.8, 4) is 0 Å². The fraction of sp³-hybridized carbons (Fsp3) is 0.263. The van der Waals surface area contributed by atoms with Gasteiger partial charge in [0.2, 0.25) is 0 Å². The Morgan fingerprint density at radius 1 is 1.04 bits per heavy atom. The Hall–Kier alpha value is -2.15. The number of halogens is 3. The molecule has 28 heavy (non-hydrogen) atoms. The van der Waals surface area contributed by atoms with E-state index in [1.54, 1.807) is 6.33 Å². The minimum Gasteiger partial charge on any atom is -0.356 e. The van der Waals surface area contributed by atoms with E-state index in [9.17, 15) is 4.79 Å². The van der Waals surface area contributed by atoms with Crippen molar-refractivity contribution >= 4 is 57.4 Å². The van der Waals surface area contributed by atoms with Crippen molar-refractivity contribution in [1.29, 1.82) is 0 Å². The summed E-state index contributed by atoms with van der Waals surface area (Å²) in [6.07, 6.45) is 4.54. The topological polar surface area (TPSA) is 71.0 Å². The highest BCUT2D eigenvalue weighted by molar-refractivity contribution is 6.34. The van der Waals surface area contributed by atoms with E-state index in [4.69, 9.17) is 34.8 Å². The molecule has 0 spiro atoms. The van der Waals surface area contributed by atoms with Crippen molar-refractivity contribution in [2.75, 3.05) is 18.0 Å². The zero-order valence-corrected chi connectivity index (χ0v) is 17.0. The Bertz CT molecular complexity index is 1040. The van der Waals surface area contributed by atoms with E-state index in [-0.39, 0.29) is 22.7 Å². The van der Waals surface area contributed by atoms with E-state index >= 15 is 0 Å². The Kier molecular flexibility index (Phi) is 5.53. The number of hydrogen-bond donors (Lipinski definition) is 1. The molecule has 4 rings (SSSR count). The van der Waals surface area contributed by atoms with Gasteiger partial charge in [0.15, 0.2) is 0 Å². The lowest BCUT2D eigenvalue weighted by molar-refractivity contribution is 0.0931. The lowest BCUT2D eigenvalue weighted by atomic mass is 10.0. The third kappa shape index (κ3) is 3.99. The minimum atomic E-state index is -0.263. The summed E-state index contributed by atoms with van der Waals surface area (Å²) in [5.41, 5.74) is 1.10. The third-order valence-electron chi connectivity index (χ3n) is 4.76. The Morgan fingerprint density at radius 2 is 1.82 bits per heavy atom. The van der Waals surface area contributed by atoms with E-state index in [2.05, 4.69) is 25.2 Å². The average Bonchev–Trinajstić information content (AvgIpc) is 2.69. The average molecular weight is 437 g/mol. The van der Waals surface area contributed by atoms with Crippen LogP contribution in [0.4, 0.5) is 5.82 Å². The molecule has 1 aliphatic rings. The number of nitrogens with one attached hydrogen (secondary N) is 1. The van der Waals surface area contributed by atoms with Gasteiger partial charge in [-0.2, -0.15) is 0 Å². The summed E-state index contributed by atoms with van der Waals surface area (Å²) in [7, 11) is 0. The summed E-state index contributed by atoms with van der Waals surface area (Å²) in [5, 5.41) is 5.15. The molecule has 1 aromatic carbocycles. The molecule has 0 bridgehead atoms. The van der Waals surface area contributed by atoms with Crippen LogP contribution in [0.15, 0.2) is 36.8 Å². The summed E-state index contributed by atoms with van der Waals surface area (Å²) in [6, 6.07) is 7.18. The van der Waals surface area contributed by atoms with Crippen molar-refractivity contribution in [3.63, 3.8) is 0 Å². The van der Waals surface area contributed by atoms with Gasteiger partial charge in [-0.1, -0.05) is 34.8 Å². The van der Waals surface area contributed by atoms with Crippen LogP contribution in [0.5, 0.6) is 0 Å². The minimum absolute atomic E-state index is 0.0429. The van der Waals surface area contributed by atoms with E-state index in [1.165, 1.54) is 12.3 Å². The molecular formula is C19H16Cl3N5O. The van der Waals surface area contributed by atoms with Gasteiger partial charge in [0.1, 0.15) is 17.3 Å². The van der Waals surface area contributed by atoms with Gasteiger partial charge < -0.3 is 10.2 Å². The normalized spacial score (nSPS) is 15.0. The first-order valence-corrected chi connectivity index (χ1v) is 9.92. The summed E-state index contributed by atoms with van der Waals surface area (Å²) < 4.78 is 0. The summed E-state index contributed by atoms with van der Waals surface area (Å²) in [5.74, 6) is 0.620. The lowest BCUT2D eigenvalue weighted by Gasteiger charge is -2.33. The highest BCUT2D eigenvalue weighted by atomic mass is 35.5. The molecule has 9 heteroatoms. The molecule has 0 unspecified atom stereocenters. The van der Waals surface area contributed by atoms with Crippen LogP contribution in [0, 0.1) is 0 Å². The molecule has 3 aromatic rings. The zero-order chi connectivity index (χ0) is 19.7. The van der Waals surface area contributed by atoms with Gasteiger partial charge in [-0.15, -0.1) is 0 Å². The molecule has 1 fully saturated rings. The number of hydrogen-bond acceptors (Lipinski definition) is 5. The predicted octanol–water partition coefficient (Wildman–Crippen LogP) is 4.38. The second-order valence-corrected chi connectivity index (χ2v) is 7.82. The third-order valence-corrected chi connectivity index (χ3v) is 5.50. The number of piperidine rings is 1. The highest BCUT2D eigenvalue weighted by Gasteiger charge is 2.24. The van der Waals surface area contributed by atoms with Gasteiger partial charge in [0.25, 0.3) is 5.91 Å². The smallest absolute Gasteiger partial charge is 0.254 e. The Labute approximate surface area is 176 Å². The van der Waals surface area contributed by atoms with Crippen molar-refractivity contribution in [1.82, 2.24) is 20.3 Å². The molecule has 0 radical (unpaired) electrons. The number of benzene rings is 1. The maximum Gasteiger partial charge on any atom is 0.254 e. The molecule has 0 saturated carbocycles. The fourth-order valence-electron chi connectivity index (χ4n) is 3.35. The van der Waals surface area contributed by atoms with Crippen LogP contribution in [0.25, 0.3) is 10.9 Å². The largest absolute Gasteiger partial charge is 0.356 e. The fourth-order valence-corrected chi connectivity index (χ4v) is 3.86. The molecule has 0 atom stereocenters. The predicted molar refractivity (Wildman–Crippen MR) is 112 cm³/mol. The number of amides is 1. The second kappa shape index (κ2) is 8.07. The SMILES string of the molecule is O=C(NC1CCN(c2ncnc3cc(Cl)ccc23)CC1)c1cc(Cl)cnc1Cl. The quantitative estimate of drug-likeness (QED) is 0.617. The number of aromatic nitrogens is 3. The molecule has 0 aliphatic carbocycles. The summed E-state index contributed by atoms with van der Waals surface area (Å²) >= 11 is 18.0. The van der Waals surface area contributed by atoms with Crippen molar-refractivity contribution in [3.05, 3.63) is 57.6 Å². The molecule has 144 valence electrons. The molecule has 1 amide bonds. The molecule has 3 heterocycles. The van der Waals surface area contributed by atoms with Crippen LogP contribution < -0.4 is 10.2 Å². The van der Waals surface area contributed by atoms with E-state index in [0.717, 1.165) is 42.7 Å². The van der Waals surface area contributed by atoms with Gasteiger partial charge in [-0.25, -0.2) is 15.0 Å². The Morgan fingerprint density at radius 3 is 2.61 bits per heavy atom. The van der Waals surface area contributed by atoms with Gasteiger partial charge >= 0.3 is 0 Å². The van der Waals surface area contributed by atoms with E-state index in [1.807, 2.05) is 18.2 Å². The number of nitrogens with zero attached hydrogens (tertiary/aromatic N) is 4. The Balaban J connectivity index is 1.44. The molecule has 2 aromatic heterocycles. The number of anilines is 1.